The van der Waals surface area contributed by atoms with Crippen LogP contribution in [0.1, 0.15) is 24.8 Å². The molecule has 1 unspecified atom stereocenters. The molecule has 132 valence electrons. The van der Waals surface area contributed by atoms with Crippen molar-refractivity contribution >= 4 is 21.7 Å². The van der Waals surface area contributed by atoms with Crippen molar-refractivity contribution in [1.29, 1.82) is 0 Å². The standard InChI is InChI=1S/C17H23NO5S/c1-23-17(20)9-11-18(15-10-12-24(21,22)13-15)16(19)8-7-14-5-3-2-4-6-14/h2-6,15H,7-13H2,1H3. The van der Waals surface area contributed by atoms with Gasteiger partial charge < -0.3 is 9.64 Å². The smallest absolute Gasteiger partial charge is 0.307 e. The van der Waals surface area contributed by atoms with Gasteiger partial charge >= 0.3 is 5.97 Å². The molecule has 1 heterocycles. The minimum Gasteiger partial charge on any atom is -0.469 e. The Morgan fingerprint density at radius 3 is 2.50 bits per heavy atom. The van der Waals surface area contributed by atoms with Crippen molar-refractivity contribution in [2.75, 3.05) is 25.2 Å². The van der Waals surface area contributed by atoms with Crippen molar-refractivity contribution in [2.45, 2.75) is 31.7 Å². The lowest BCUT2D eigenvalue weighted by Gasteiger charge is -2.28. The van der Waals surface area contributed by atoms with E-state index < -0.39 is 15.8 Å². The highest BCUT2D eigenvalue weighted by molar-refractivity contribution is 7.91. The van der Waals surface area contributed by atoms with Crippen LogP contribution < -0.4 is 0 Å². The van der Waals surface area contributed by atoms with Gasteiger partial charge in [-0.3, -0.25) is 9.59 Å². The van der Waals surface area contributed by atoms with Crippen LogP contribution in [0.4, 0.5) is 0 Å². The largest absolute Gasteiger partial charge is 0.469 e. The van der Waals surface area contributed by atoms with E-state index >= 15 is 0 Å². The maximum absolute atomic E-state index is 12.6. The number of esters is 1. The summed E-state index contributed by atoms with van der Waals surface area (Å²) < 4.78 is 28.0. The Kier molecular flexibility index (Phi) is 6.36. The third-order valence-corrected chi connectivity index (χ3v) is 5.97. The van der Waals surface area contributed by atoms with E-state index in [1.165, 1.54) is 7.11 Å². The first-order valence-corrected chi connectivity index (χ1v) is 9.84. The number of benzene rings is 1. The highest BCUT2D eigenvalue weighted by atomic mass is 32.2. The van der Waals surface area contributed by atoms with Gasteiger partial charge in [0.15, 0.2) is 9.84 Å². The van der Waals surface area contributed by atoms with E-state index in [0.717, 1.165) is 5.56 Å². The van der Waals surface area contributed by atoms with Gasteiger partial charge in [0.05, 0.1) is 25.0 Å². The number of methoxy groups -OCH3 is 1. The predicted octanol–water partition coefficient (Wildman–Crippen LogP) is 1.20. The monoisotopic (exact) mass is 353 g/mol. The molecule has 0 saturated carbocycles. The summed E-state index contributed by atoms with van der Waals surface area (Å²) in [5.41, 5.74) is 1.05. The first-order valence-electron chi connectivity index (χ1n) is 8.02. The van der Waals surface area contributed by atoms with Gasteiger partial charge in [0.25, 0.3) is 0 Å². The summed E-state index contributed by atoms with van der Waals surface area (Å²) in [5.74, 6) is -0.453. The fourth-order valence-electron chi connectivity index (χ4n) is 2.89. The quantitative estimate of drug-likeness (QED) is 0.688. The van der Waals surface area contributed by atoms with Crippen LogP contribution in [0.2, 0.25) is 0 Å². The second-order valence-electron chi connectivity index (χ2n) is 5.96. The van der Waals surface area contributed by atoms with E-state index in [0.29, 0.717) is 19.3 Å². The van der Waals surface area contributed by atoms with E-state index in [1.54, 1.807) is 4.90 Å². The summed E-state index contributed by atoms with van der Waals surface area (Å²) in [5, 5.41) is 0. The fourth-order valence-corrected chi connectivity index (χ4v) is 4.62. The fraction of sp³-hybridized carbons (Fsp3) is 0.529. The molecule has 0 aliphatic carbocycles. The van der Waals surface area contributed by atoms with Crippen LogP contribution >= 0.6 is 0 Å². The van der Waals surface area contributed by atoms with Gasteiger partial charge in [0.2, 0.25) is 5.91 Å². The summed E-state index contributed by atoms with van der Waals surface area (Å²) in [6, 6.07) is 9.30. The zero-order valence-electron chi connectivity index (χ0n) is 13.8. The van der Waals surface area contributed by atoms with Crippen molar-refractivity contribution in [3.05, 3.63) is 35.9 Å². The van der Waals surface area contributed by atoms with Crippen LogP contribution in [0.5, 0.6) is 0 Å². The Hall–Kier alpha value is -1.89. The third kappa shape index (κ3) is 5.33. The van der Waals surface area contributed by atoms with E-state index in [9.17, 15) is 18.0 Å². The number of amides is 1. The average Bonchev–Trinajstić information content (AvgIpc) is 2.93. The average molecular weight is 353 g/mol. The van der Waals surface area contributed by atoms with Crippen LogP contribution in [0.15, 0.2) is 30.3 Å². The first-order chi connectivity index (χ1) is 11.4. The minimum absolute atomic E-state index is 0.0226. The molecule has 0 radical (unpaired) electrons. The van der Waals surface area contributed by atoms with Crippen LogP contribution in [0.3, 0.4) is 0 Å². The highest BCUT2D eigenvalue weighted by Gasteiger charge is 2.34. The number of carbonyl (C=O) groups excluding carboxylic acids is 2. The molecule has 1 fully saturated rings. The number of hydrogen-bond donors (Lipinski definition) is 0. The molecule has 6 nitrogen and oxygen atoms in total. The molecule has 1 amide bonds. The summed E-state index contributed by atoms with van der Waals surface area (Å²) in [6.45, 7) is 0.195. The van der Waals surface area contributed by atoms with Crippen LogP contribution in [-0.2, 0) is 30.6 Å². The molecule has 1 aliphatic heterocycles. The molecular weight excluding hydrogens is 330 g/mol. The van der Waals surface area contributed by atoms with E-state index in [4.69, 9.17) is 0 Å². The highest BCUT2D eigenvalue weighted by Crippen LogP contribution is 2.19. The van der Waals surface area contributed by atoms with E-state index in [1.807, 2.05) is 30.3 Å². The van der Waals surface area contributed by atoms with E-state index in [-0.39, 0.29) is 36.4 Å². The number of hydrogen-bond acceptors (Lipinski definition) is 5. The van der Waals surface area contributed by atoms with Gasteiger partial charge in [0, 0.05) is 19.0 Å². The molecule has 24 heavy (non-hydrogen) atoms. The van der Waals surface area contributed by atoms with Crippen LogP contribution in [-0.4, -0.2) is 56.4 Å². The lowest BCUT2D eigenvalue weighted by Crippen LogP contribution is -2.42. The summed E-state index contributed by atoms with van der Waals surface area (Å²) in [6.07, 6.45) is 1.39. The molecule has 1 aliphatic rings. The molecule has 7 heteroatoms. The van der Waals surface area contributed by atoms with Crippen molar-refractivity contribution in [1.82, 2.24) is 4.90 Å². The summed E-state index contributed by atoms with van der Waals surface area (Å²) in [7, 11) is -1.80. The molecule has 0 spiro atoms. The Bertz CT molecular complexity index is 671. The topological polar surface area (TPSA) is 80.8 Å². The Morgan fingerprint density at radius 1 is 1.21 bits per heavy atom. The van der Waals surface area contributed by atoms with Crippen molar-refractivity contribution in [3.63, 3.8) is 0 Å². The second-order valence-corrected chi connectivity index (χ2v) is 8.18. The van der Waals surface area contributed by atoms with E-state index in [2.05, 4.69) is 4.74 Å². The maximum Gasteiger partial charge on any atom is 0.307 e. The number of rotatable bonds is 7. The molecule has 0 bridgehead atoms. The Morgan fingerprint density at radius 2 is 1.92 bits per heavy atom. The minimum atomic E-state index is -3.10. The number of aryl methyl sites for hydroxylation is 1. The SMILES string of the molecule is COC(=O)CCN(C(=O)CCc1ccccc1)C1CCS(=O)(=O)C1. The van der Waals surface area contributed by atoms with Crippen LogP contribution in [0.25, 0.3) is 0 Å². The number of nitrogens with zero attached hydrogens (tertiary/aromatic N) is 1. The molecule has 1 aromatic rings. The summed E-state index contributed by atoms with van der Waals surface area (Å²) in [4.78, 5) is 25.5. The van der Waals surface area contributed by atoms with Gasteiger partial charge in [0.1, 0.15) is 0 Å². The molecule has 0 N–H and O–H groups in total. The maximum atomic E-state index is 12.6. The summed E-state index contributed by atoms with van der Waals surface area (Å²) >= 11 is 0. The molecule has 1 aromatic carbocycles. The van der Waals surface area contributed by atoms with Gasteiger partial charge in [-0.05, 0) is 18.4 Å². The Labute approximate surface area is 142 Å². The van der Waals surface area contributed by atoms with Gasteiger partial charge in [-0.15, -0.1) is 0 Å². The number of sulfone groups is 1. The molecule has 0 aromatic heterocycles. The van der Waals surface area contributed by atoms with Crippen molar-refractivity contribution in [2.24, 2.45) is 0 Å². The zero-order valence-corrected chi connectivity index (χ0v) is 14.6. The normalized spacial score (nSPS) is 19.0. The molecular formula is C17H23NO5S. The van der Waals surface area contributed by atoms with Gasteiger partial charge in [-0.1, -0.05) is 30.3 Å². The predicted molar refractivity (Wildman–Crippen MR) is 90.2 cm³/mol. The number of ether oxygens (including phenoxy) is 1. The zero-order chi connectivity index (χ0) is 17.6. The molecule has 1 atom stereocenters. The van der Waals surface area contributed by atoms with Gasteiger partial charge in [-0.2, -0.15) is 0 Å². The third-order valence-electron chi connectivity index (χ3n) is 4.22. The molecule has 1 saturated heterocycles. The Balaban J connectivity index is 2.00. The number of carbonyl (C=O) groups is 2. The lowest BCUT2D eigenvalue weighted by molar-refractivity contribution is -0.142. The van der Waals surface area contributed by atoms with Gasteiger partial charge in [-0.25, -0.2) is 8.42 Å². The van der Waals surface area contributed by atoms with Crippen LogP contribution in [0, 0.1) is 0 Å². The van der Waals surface area contributed by atoms with Crippen molar-refractivity contribution in [3.8, 4) is 0 Å². The first kappa shape index (κ1) is 18.4. The van der Waals surface area contributed by atoms with Crippen molar-refractivity contribution < 1.29 is 22.7 Å². The molecule has 2 rings (SSSR count). The second kappa shape index (κ2) is 8.28. The lowest BCUT2D eigenvalue weighted by atomic mass is 10.1.